The lowest BCUT2D eigenvalue weighted by Crippen LogP contribution is -2.35. The molecule has 22 heavy (non-hydrogen) atoms. The summed E-state index contributed by atoms with van der Waals surface area (Å²) in [6.07, 6.45) is 1.49. The average Bonchev–Trinajstić information content (AvgIpc) is 2.32. The molecule has 0 aromatic rings. The number of rotatable bonds is 7. The molecule has 0 saturated heterocycles. The van der Waals surface area contributed by atoms with Gasteiger partial charge in [0, 0.05) is 0 Å². The lowest BCUT2D eigenvalue weighted by atomic mass is 9.82. The molecular weight excluding hydrogens is 280 g/mol. The summed E-state index contributed by atoms with van der Waals surface area (Å²) in [5, 5.41) is 0. The van der Waals surface area contributed by atoms with Gasteiger partial charge in [0.05, 0.1) is 25.0 Å². The van der Waals surface area contributed by atoms with E-state index in [1.165, 1.54) is 0 Å². The van der Waals surface area contributed by atoms with Crippen LogP contribution in [0.3, 0.4) is 0 Å². The highest BCUT2D eigenvalue weighted by Crippen LogP contribution is 2.31. The molecule has 4 heteroatoms. The topological polar surface area (TPSA) is 52.6 Å². The largest absolute Gasteiger partial charge is 0.465 e. The molecule has 0 aliphatic rings. The van der Waals surface area contributed by atoms with Crippen molar-refractivity contribution in [1.29, 1.82) is 0 Å². The Bertz CT molecular complexity index is 374. The molecule has 0 aromatic heterocycles. The molecule has 0 rings (SSSR count). The van der Waals surface area contributed by atoms with Crippen molar-refractivity contribution < 1.29 is 19.1 Å². The van der Waals surface area contributed by atoms with Crippen molar-refractivity contribution in [2.75, 3.05) is 13.2 Å². The molecule has 0 fully saturated rings. The van der Waals surface area contributed by atoms with Crippen LogP contribution in [-0.2, 0) is 19.1 Å². The van der Waals surface area contributed by atoms with E-state index in [9.17, 15) is 9.59 Å². The van der Waals surface area contributed by atoms with E-state index in [2.05, 4.69) is 0 Å². The molecule has 4 nitrogen and oxygen atoms in total. The van der Waals surface area contributed by atoms with Crippen LogP contribution in [-0.4, -0.2) is 25.2 Å². The van der Waals surface area contributed by atoms with Crippen LogP contribution >= 0.6 is 0 Å². The van der Waals surface area contributed by atoms with Crippen LogP contribution in [0.15, 0.2) is 0 Å². The molecule has 0 bridgehead atoms. The molecular formula is C18H34O4. The highest BCUT2D eigenvalue weighted by atomic mass is 16.5. The molecule has 1 unspecified atom stereocenters. The number of hydrogen-bond acceptors (Lipinski definition) is 4. The van der Waals surface area contributed by atoms with Gasteiger partial charge in [0.2, 0.25) is 0 Å². The molecule has 0 saturated carbocycles. The molecule has 0 aliphatic heterocycles. The SMILES string of the molecule is CCCC(C)(CC(=O)OCC(C)(C)C)C(=O)OCC(C)(C)C. The molecule has 130 valence electrons. The molecule has 0 N–H and O–H groups in total. The minimum Gasteiger partial charge on any atom is -0.465 e. The molecule has 0 heterocycles. The predicted molar refractivity (Wildman–Crippen MR) is 88.5 cm³/mol. The molecule has 1 atom stereocenters. The van der Waals surface area contributed by atoms with Crippen molar-refractivity contribution in [3.05, 3.63) is 0 Å². The lowest BCUT2D eigenvalue weighted by Gasteiger charge is -2.28. The zero-order valence-corrected chi connectivity index (χ0v) is 15.7. The fourth-order valence-corrected chi connectivity index (χ4v) is 1.94. The third-order valence-corrected chi connectivity index (χ3v) is 3.13. The van der Waals surface area contributed by atoms with Crippen molar-refractivity contribution >= 4 is 11.9 Å². The Balaban J connectivity index is 4.72. The minimum absolute atomic E-state index is 0.0693. The van der Waals surface area contributed by atoms with Crippen LogP contribution in [0.1, 0.15) is 74.7 Å². The number of carbonyl (C=O) groups excluding carboxylic acids is 2. The second-order valence-corrected chi connectivity index (χ2v) is 8.85. The summed E-state index contributed by atoms with van der Waals surface area (Å²) in [6, 6.07) is 0. The summed E-state index contributed by atoms with van der Waals surface area (Å²) in [6.45, 7) is 16.5. The van der Waals surface area contributed by atoms with Crippen molar-refractivity contribution in [3.63, 3.8) is 0 Å². The van der Waals surface area contributed by atoms with Crippen molar-refractivity contribution in [2.45, 2.75) is 74.7 Å². The van der Waals surface area contributed by atoms with Gasteiger partial charge in [0.25, 0.3) is 0 Å². The highest BCUT2D eigenvalue weighted by Gasteiger charge is 2.37. The van der Waals surface area contributed by atoms with Gasteiger partial charge in [-0.05, 0) is 24.2 Å². The van der Waals surface area contributed by atoms with Crippen molar-refractivity contribution in [1.82, 2.24) is 0 Å². The van der Waals surface area contributed by atoms with Gasteiger partial charge in [-0.25, -0.2) is 0 Å². The van der Waals surface area contributed by atoms with Crippen molar-refractivity contribution in [2.24, 2.45) is 16.2 Å². The first-order chi connectivity index (χ1) is 9.79. The van der Waals surface area contributed by atoms with Gasteiger partial charge in [0.1, 0.15) is 0 Å². The zero-order valence-electron chi connectivity index (χ0n) is 15.7. The predicted octanol–water partition coefficient (Wildman–Crippen LogP) is 4.36. The van der Waals surface area contributed by atoms with Gasteiger partial charge < -0.3 is 9.47 Å². The second kappa shape index (κ2) is 7.98. The Morgan fingerprint density at radius 1 is 0.818 bits per heavy atom. The first-order valence-electron chi connectivity index (χ1n) is 8.12. The van der Waals surface area contributed by atoms with Gasteiger partial charge in [-0.2, -0.15) is 0 Å². The normalized spacial score (nSPS) is 15.1. The third kappa shape index (κ3) is 9.06. The van der Waals surface area contributed by atoms with Crippen LogP contribution in [0.25, 0.3) is 0 Å². The number of hydrogen-bond donors (Lipinski definition) is 0. The van der Waals surface area contributed by atoms with Crippen LogP contribution < -0.4 is 0 Å². The van der Waals surface area contributed by atoms with E-state index in [1.54, 1.807) is 6.92 Å². The summed E-state index contributed by atoms with van der Waals surface area (Å²) in [5.41, 5.74) is -0.978. The average molecular weight is 314 g/mol. The van der Waals surface area contributed by atoms with E-state index in [-0.39, 0.29) is 29.2 Å². The van der Waals surface area contributed by atoms with Crippen LogP contribution in [0.2, 0.25) is 0 Å². The summed E-state index contributed by atoms with van der Waals surface area (Å²) in [7, 11) is 0. The Labute approximate surface area is 135 Å². The lowest BCUT2D eigenvalue weighted by molar-refractivity contribution is -0.165. The van der Waals surface area contributed by atoms with E-state index in [1.807, 2.05) is 48.5 Å². The number of esters is 2. The molecule has 0 spiro atoms. The molecule has 0 amide bonds. The zero-order chi connectivity index (χ0) is 17.6. The monoisotopic (exact) mass is 314 g/mol. The maximum atomic E-state index is 12.4. The Morgan fingerprint density at radius 2 is 1.27 bits per heavy atom. The smallest absolute Gasteiger partial charge is 0.312 e. The third-order valence-electron chi connectivity index (χ3n) is 3.13. The Hall–Kier alpha value is -1.06. The Morgan fingerprint density at radius 3 is 1.68 bits per heavy atom. The van der Waals surface area contributed by atoms with Gasteiger partial charge in [-0.3, -0.25) is 9.59 Å². The quantitative estimate of drug-likeness (QED) is 0.655. The van der Waals surface area contributed by atoms with Crippen LogP contribution in [0.4, 0.5) is 0 Å². The minimum atomic E-state index is -0.811. The maximum absolute atomic E-state index is 12.4. The fourth-order valence-electron chi connectivity index (χ4n) is 1.94. The highest BCUT2D eigenvalue weighted by molar-refractivity contribution is 5.83. The van der Waals surface area contributed by atoms with E-state index in [0.717, 1.165) is 6.42 Å². The Kier molecular flexibility index (Phi) is 7.60. The van der Waals surface area contributed by atoms with Gasteiger partial charge in [-0.15, -0.1) is 0 Å². The van der Waals surface area contributed by atoms with E-state index >= 15 is 0 Å². The van der Waals surface area contributed by atoms with E-state index < -0.39 is 5.41 Å². The van der Waals surface area contributed by atoms with E-state index in [0.29, 0.717) is 19.6 Å². The van der Waals surface area contributed by atoms with Gasteiger partial charge in [0.15, 0.2) is 0 Å². The number of carbonyl (C=O) groups is 2. The van der Waals surface area contributed by atoms with Crippen LogP contribution in [0, 0.1) is 16.2 Å². The fraction of sp³-hybridized carbons (Fsp3) is 0.889. The first-order valence-corrected chi connectivity index (χ1v) is 8.12. The summed E-state index contributed by atoms with van der Waals surface area (Å²) in [5.74, 6) is -0.643. The van der Waals surface area contributed by atoms with Crippen LogP contribution in [0.5, 0.6) is 0 Å². The van der Waals surface area contributed by atoms with Crippen molar-refractivity contribution in [3.8, 4) is 0 Å². The first kappa shape index (κ1) is 20.9. The van der Waals surface area contributed by atoms with Gasteiger partial charge in [-0.1, -0.05) is 54.9 Å². The van der Waals surface area contributed by atoms with Gasteiger partial charge >= 0.3 is 11.9 Å². The second-order valence-electron chi connectivity index (χ2n) is 8.85. The molecule has 0 aromatic carbocycles. The summed E-state index contributed by atoms with van der Waals surface area (Å²) < 4.78 is 10.7. The maximum Gasteiger partial charge on any atom is 0.312 e. The summed E-state index contributed by atoms with van der Waals surface area (Å²) >= 11 is 0. The number of ether oxygens (including phenoxy) is 2. The standard InChI is InChI=1S/C18H34O4/c1-9-10-18(8,15(20)22-13-17(5,6)7)11-14(19)21-12-16(2,3)4/h9-13H2,1-8H3. The summed E-state index contributed by atoms with van der Waals surface area (Å²) in [4.78, 5) is 24.5. The molecule has 0 radical (unpaired) electrons. The molecule has 0 aliphatic carbocycles. The van der Waals surface area contributed by atoms with E-state index in [4.69, 9.17) is 9.47 Å².